The zero-order chi connectivity index (χ0) is 28.6. The van der Waals surface area contributed by atoms with Crippen LogP contribution in [0.15, 0.2) is 18.3 Å². The van der Waals surface area contributed by atoms with E-state index in [2.05, 4.69) is 26.7 Å². The van der Waals surface area contributed by atoms with Crippen molar-refractivity contribution in [1.29, 1.82) is 5.26 Å². The molecule has 1 saturated carbocycles. The smallest absolute Gasteiger partial charge is 0.328 e. The van der Waals surface area contributed by atoms with Gasteiger partial charge in [0, 0.05) is 75.1 Å². The highest BCUT2D eigenvalue weighted by atomic mass is 19.1. The number of hydrogen-bond donors (Lipinski definition) is 2. The predicted octanol–water partition coefficient (Wildman–Crippen LogP) is 2.26. The Morgan fingerprint density at radius 2 is 2.15 bits per heavy atom. The summed E-state index contributed by atoms with van der Waals surface area (Å²) in [5, 5.41) is 15.4. The van der Waals surface area contributed by atoms with E-state index < -0.39 is 17.7 Å². The number of methoxy groups -OCH3 is 1. The van der Waals surface area contributed by atoms with Crippen molar-refractivity contribution in [2.75, 3.05) is 55.9 Å². The molecule has 40 heavy (non-hydrogen) atoms. The third-order valence-electron chi connectivity index (χ3n) is 7.59. The van der Waals surface area contributed by atoms with E-state index >= 15 is 4.39 Å². The van der Waals surface area contributed by atoms with E-state index in [0.29, 0.717) is 42.8 Å². The van der Waals surface area contributed by atoms with Gasteiger partial charge >= 0.3 is 6.03 Å². The first-order chi connectivity index (χ1) is 19.1. The van der Waals surface area contributed by atoms with Crippen molar-refractivity contribution in [3.05, 3.63) is 40.7 Å². The summed E-state index contributed by atoms with van der Waals surface area (Å²) in [6.45, 7) is 3.87. The summed E-state index contributed by atoms with van der Waals surface area (Å²) in [6.07, 6.45) is 2.13. The Kier molecular flexibility index (Phi) is 7.39. The molecule has 210 valence electrons. The molecule has 2 N–H and O–H groups in total. The summed E-state index contributed by atoms with van der Waals surface area (Å²) in [4.78, 5) is 51.6. The van der Waals surface area contributed by atoms with Crippen LogP contribution >= 0.6 is 0 Å². The van der Waals surface area contributed by atoms with Gasteiger partial charge in [-0.2, -0.15) is 5.26 Å². The number of nitrogens with one attached hydrogen (secondary N) is 2. The fraction of sp³-hybridized carbons (Fsp3) is 0.481. The van der Waals surface area contributed by atoms with Crippen LogP contribution in [-0.4, -0.2) is 90.5 Å². The molecule has 5 heterocycles. The van der Waals surface area contributed by atoms with E-state index in [9.17, 15) is 19.6 Å². The van der Waals surface area contributed by atoms with Crippen LogP contribution in [0.3, 0.4) is 0 Å². The average molecular weight is 551 g/mol. The summed E-state index contributed by atoms with van der Waals surface area (Å²) < 4.78 is 20.9. The predicted molar refractivity (Wildman–Crippen MR) is 144 cm³/mol. The van der Waals surface area contributed by atoms with E-state index in [-0.39, 0.29) is 60.8 Å². The first-order valence-corrected chi connectivity index (χ1v) is 13.1. The minimum atomic E-state index is -1.66. The maximum absolute atomic E-state index is 15.8. The van der Waals surface area contributed by atoms with Crippen molar-refractivity contribution >= 4 is 35.5 Å². The maximum atomic E-state index is 15.8. The van der Waals surface area contributed by atoms with E-state index in [4.69, 9.17) is 4.74 Å². The Bertz CT molecular complexity index is 1390. The number of carbonyl (C=O) groups is 3. The molecule has 1 saturated heterocycles. The molecule has 1 atom stereocenters. The number of nitrogens with zero attached hydrogens (tertiary/aromatic N) is 6. The Balaban J connectivity index is 1.42. The third kappa shape index (κ3) is 5.07. The lowest BCUT2D eigenvalue weighted by atomic mass is 9.68. The molecule has 2 bridgehead atoms. The Hall–Kier alpha value is -4.15. The normalized spacial score (nSPS) is 22.6. The monoisotopic (exact) mass is 550 g/mol. The molecule has 12 nitrogen and oxygen atoms in total. The zero-order valence-electron chi connectivity index (χ0n) is 22.6. The fourth-order valence-corrected chi connectivity index (χ4v) is 5.48. The topological polar surface area (TPSA) is 144 Å². The number of likely N-dealkylation sites (N-methyl/N-ethyl adjacent to an activating group) is 1. The van der Waals surface area contributed by atoms with Gasteiger partial charge in [-0.05, 0) is 20.0 Å². The van der Waals surface area contributed by atoms with Gasteiger partial charge < -0.3 is 15.0 Å². The van der Waals surface area contributed by atoms with Crippen molar-refractivity contribution < 1.29 is 23.5 Å². The molecule has 3 aliphatic heterocycles. The van der Waals surface area contributed by atoms with Gasteiger partial charge in [-0.1, -0.05) is 0 Å². The molecule has 2 aromatic rings. The molecule has 1 aliphatic carbocycles. The van der Waals surface area contributed by atoms with Crippen molar-refractivity contribution in [2.24, 2.45) is 0 Å². The van der Waals surface area contributed by atoms with Crippen LogP contribution in [-0.2, 0) is 21.7 Å². The standard InChI is InChI=1S/C27H31FN8O4/c1-16(15-40-3)31-21-7-23(30-11-18(21)10-29)33-26(39)36-19-8-27(28,9-19)20-6-17(22(14-37)32-25(20)36)12-35-5-4-34(2)13-24(35)38/h6-7,11,14,16,19H,4-5,8-9,12-13,15H2,1-3H3,(H2,30,31,33,39). The molecule has 3 amide bonds. The van der Waals surface area contributed by atoms with Crippen LogP contribution in [0.2, 0.25) is 0 Å². The molecule has 4 aliphatic rings. The molecule has 0 radical (unpaired) electrons. The number of hydrogen-bond acceptors (Lipinski definition) is 9. The highest BCUT2D eigenvalue weighted by molar-refractivity contribution is 6.03. The van der Waals surface area contributed by atoms with E-state index in [0.717, 1.165) is 0 Å². The maximum Gasteiger partial charge on any atom is 0.328 e. The van der Waals surface area contributed by atoms with Gasteiger partial charge in [0.2, 0.25) is 5.91 Å². The molecule has 6 rings (SSSR count). The second-order valence-corrected chi connectivity index (χ2v) is 10.6. The summed E-state index contributed by atoms with van der Waals surface area (Å²) >= 11 is 0. The molecule has 1 unspecified atom stereocenters. The lowest BCUT2D eigenvalue weighted by Crippen LogP contribution is -2.60. The number of amides is 3. The van der Waals surface area contributed by atoms with Crippen LogP contribution in [0.4, 0.5) is 26.5 Å². The van der Waals surface area contributed by atoms with E-state index in [1.807, 2.05) is 18.9 Å². The first-order valence-electron chi connectivity index (χ1n) is 13.1. The minimum Gasteiger partial charge on any atom is -0.383 e. The molecular formula is C27H31FN8O4. The Morgan fingerprint density at radius 3 is 2.83 bits per heavy atom. The largest absolute Gasteiger partial charge is 0.383 e. The molecule has 13 heteroatoms. The van der Waals surface area contributed by atoms with Crippen LogP contribution in [0, 0.1) is 11.3 Å². The number of urea groups is 1. The number of aldehydes is 1. The van der Waals surface area contributed by atoms with Gasteiger partial charge in [-0.25, -0.2) is 19.2 Å². The number of nitriles is 1. The molecule has 2 aromatic heterocycles. The second kappa shape index (κ2) is 10.8. The van der Waals surface area contributed by atoms with Crippen molar-refractivity contribution in [3.8, 4) is 6.07 Å². The summed E-state index contributed by atoms with van der Waals surface area (Å²) in [5.41, 5.74) is -0.141. The second-order valence-electron chi connectivity index (χ2n) is 10.6. The van der Waals surface area contributed by atoms with Gasteiger partial charge in [0.05, 0.1) is 24.4 Å². The summed E-state index contributed by atoms with van der Waals surface area (Å²) in [5.74, 6) is 0.192. The van der Waals surface area contributed by atoms with E-state index in [1.165, 1.54) is 11.1 Å². The fourth-order valence-electron chi connectivity index (χ4n) is 5.48. The number of rotatable bonds is 8. The Morgan fingerprint density at radius 1 is 1.38 bits per heavy atom. The van der Waals surface area contributed by atoms with Crippen LogP contribution in [0.5, 0.6) is 0 Å². The van der Waals surface area contributed by atoms with Crippen LogP contribution in [0.25, 0.3) is 0 Å². The van der Waals surface area contributed by atoms with Gasteiger partial charge in [-0.3, -0.25) is 24.7 Å². The van der Waals surface area contributed by atoms with Gasteiger partial charge in [0.15, 0.2) is 6.29 Å². The number of ether oxygens (including phenoxy) is 1. The number of carbonyl (C=O) groups excluding carboxylic acids is 3. The molecule has 0 aromatic carbocycles. The van der Waals surface area contributed by atoms with Gasteiger partial charge in [-0.15, -0.1) is 0 Å². The van der Waals surface area contributed by atoms with E-state index in [1.54, 1.807) is 24.1 Å². The third-order valence-corrected chi connectivity index (χ3v) is 7.59. The average Bonchev–Trinajstić information content (AvgIpc) is 2.89. The number of halogens is 1. The number of piperazine rings is 1. The highest BCUT2D eigenvalue weighted by Crippen LogP contribution is 2.55. The minimum absolute atomic E-state index is 0.0586. The van der Waals surface area contributed by atoms with Crippen molar-refractivity contribution in [2.45, 2.75) is 44.1 Å². The highest BCUT2D eigenvalue weighted by Gasteiger charge is 2.57. The number of anilines is 3. The zero-order valence-corrected chi connectivity index (χ0v) is 22.6. The lowest BCUT2D eigenvalue weighted by Gasteiger charge is -2.52. The molecular weight excluding hydrogens is 519 g/mol. The van der Waals surface area contributed by atoms with Crippen LogP contribution < -0.4 is 15.5 Å². The lowest BCUT2D eigenvalue weighted by molar-refractivity contribution is -0.136. The van der Waals surface area contributed by atoms with Gasteiger partial charge in [0.25, 0.3) is 0 Å². The van der Waals surface area contributed by atoms with Crippen molar-refractivity contribution in [3.63, 3.8) is 0 Å². The summed E-state index contributed by atoms with van der Waals surface area (Å²) in [6, 6.07) is 4.07. The molecule has 0 spiro atoms. The number of pyridine rings is 2. The molecule has 2 fully saturated rings. The number of alkyl halides is 1. The number of aromatic nitrogens is 2. The van der Waals surface area contributed by atoms with Gasteiger partial charge in [0.1, 0.15) is 29.1 Å². The SMILES string of the molecule is COCC(C)Nc1cc(NC(=O)N2c3nc(C=O)c(CN4CCN(C)CC4=O)cc3C3(F)CC2C3)ncc1C#N. The van der Waals surface area contributed by atoms with Crippen LogP contribution in [0.1, 0.15) is 46.9 Å². The first kappa shape index (κ1) is 27.4. The Labute approximate surface area is 231 Å². The van der Waals surface area contributed by atoms with Crippen molar-refractivity contribution in [1.82, 2.24) is 19.8 Å². The quantitative estimate of drug-likeness (QED) is 0.473. The summed E-state index contributed by atoms with van der Waals surface area (Å²) in [7, 11) is 3.43.